The molecule has 3 rings (SSSR count). The van der Waals surface area contributed by atoms with Crippen LogP contribution in [0.2, 0.25) is 10.0 Å². The van der Waals surface area contributed by atoms with E-state index in [1.165, 1.54) is 10.4 Å². The number of nitrogens with zero attached hydrogens (tertiary/aromatic N) is 3. The van der Waals surface area contributed by atoms with E-state index in [0.717, 1.165) is 0 Å². The minimum atomic E-state index is -3.68. The number of rotatable bonds is 3. The third-order valence-corrected chi connectivity index (χ3v) is 7.29. The fraction of sp³-hybridized carbons (Fsp3) is 0.412. The smallest absolute Gasteiger partial charge is 0.255 e. The van der Waals surface area contributed by atoms with Crippen LogP contribution in [-0.2, 0) is 10.0 Å². The highest BCUT2D eigenvalue weighted by Gasteiger charge is 2.32. The Bertz CT molecular complexity index is 955. The van der Waals surface area contributed by atoms with E-state index in [-0.39, 0.29) is 23.9 Å². The molecule has 0 radical (unpaired) electrons. The molecule has 1 aliphatic rings. The molecule has 0 bridgehead atoms. The summed E-state index contributed by atoms with van der Waals surface area (Å²) in [5.74, 6) is -0.252. The highest BCUT2D eigenvalue weighted by Crippen LogP contribution is 2.25. The Hall–Kier alpha value is -1.61. The molecular weight excluding hydrogens is 411 g/mol. The standard InChI is InChI=1S/C17H20Cl2N4O3S/c1-11-16(12(2)21-20-11)27(25,26)23-7-3-6-22(8-9-23)17(24)14-10-13(18)4-5-15(14)19/h4-5,10H,3,6-9H2,1-2H3,(H,20,21). The third kappa shape index (κ3) is 3.99. The molecule has 1 fully saturated rings. The van der Waals surface area contributed by atoms with Gasteiger partial charge in [-0.15, -0.1) is 0 Å². The van der Waals surface area contributed by atoms with Gasteiger partial charge in [0.15, 0.2) is 0 Å². The van der Waals surface area contributed by atoms with Gasteiger partial charge >= 0.3 is 0 Å². The molecule has 2 aromatic rings. The van der Waals surface area contributed by atoms with E-state index in [1.54, 1.807) is 30.9 Å². The quantitative estimate of drug-likeness (QED) is 0.810. The van der Waals surface area contributed by atoms with Crippen molar-refractivity contribution in [1.29, 1.82) is 0 Å². The molecule has 2 heterocycles. The number of halogens is 2. The van der Waals surface area contributed by atoms with Gasteiger partial charge < -0.3 is 4.90 Å². The van der Waals surface area contributed by atoms with Crippen LogP contribution in [-0.4, -0.2) is 59.9 Å². The summed E-state index contributed by atoms with van der Waals surface area (Å²) in [5, 5.41) is 7.43. The number of carbonyl (C=O) groups excluding carboxylic acids is 1. The molecule has 1 aliphatic heterocycles. The van der Waals surface area contributed by atoms with E-state index in [2.05, 4.69) is 10.2 Å². The first kappa shape index (κ1) is 20.1. The van der Waals surface area contributed by atoms with Gasteiger partial charge in [0.25, 0.3) is 5.91 Å². The summed E-state index contributed by atoms with van der Waals surface area (Å²) >= 11 is 12.1. The number of aromatic amines is 1. The van der Waals surface area contributed by atoms with Crippen LogP contribution in [0.4, 0.5) is 0 Å². The van der Waals surface area contributed by atoms with E-state index in [4.69, 9.17) is 23.2 Å². The zero-order valence-electron chi connectivity index (χ0n) is 15.0. The van der Waals surface area contributed by atoms with E-state index in [9.17, 15) is 13.2 Å². The minimum absolute atomic E-state index is 0.205. The number of aromatic nitrogens is 2. The van der Waals surface area contributed by atoms with Crippen molar-refractivity contribution < 1.29 is 13.2 Å². The molecule has 27 heavy (non-hydrogen) atoms. The Morgan fingerprint density at radius 3 is 2.56 bits per heavy atom. The summed E-state index contributed by atoms with van der Waals surface area (Å²) in [7, 11) is -3.68. The average Bonchev–Trinajstić information content (AvgIpc) is 2.83. The Balaban J connectivity index is 1.80. The lowest BCUT2D eigenvalue weighted by molar-refractivity contribution is 0.0764. The Kier molecular flexibility index (Phi) is 5.81. The Morgan fingerprint density at radius 1 is 1.15 bits per heavy atom. The summed E-state index contributed by atoms with van der Waals surface area (Å²) in [5.41, 5.74) is 1.27. The van der Waals surface area contributed by atoms with Crippen molar-refractivity contribution in [2.45, 2.75) is 25.2 Å². The van der Waals surface area contributed by atoms with Crippen LogP contribution in [0.15, 0.2) is 23.1 Å². The van der Waals surface area contributed by atoms with E-state index >= 15 is 0 Å². The van der Waals surface area contributed by atoms with Crippen LogP contribution in [0, 0.1) is 13.8 Å². The Morgan fingerprint density at radius 2 is 1.89 bits per heavy atom. The number of sulfonamides is 1. The molecule has 0 unspecified atom stereocenters. The SMILES string of the molecule is Cc1n[nH]c(C)c1S(=O)(=O)N1CCCN(C(=O)c2cc(Cl)ccc2Cl)CC1. The maximum absolute atomic E-state index is 13.0. The van der Waals surface area contributed by atoms with Crippen molar-refractivity contribution in [3.63, 3.8) is 0 Å². The molecule has 0 saturated carbocycles. The highest BCUT2D eigenvalue weighted by atomic mass is 35.5. The largest absolute Gasteiger partial charge is 0.337 e. The van der Waals surface area contributed by atoms with Gasteiger partial charge in [-0.3, -0.25) is 9.89 Å². The monoisotopic (exact) mass is 430 g/mol. The normalized spacial score (nSPS) is 16.4. The zero-order chi connectivity index (χ0) is 19.8. The van der Waals surface area contributed by atoms with Gasteiger partial charge in [0.1, 0.15) is 4.90 Å². The van der Waals surface area contributed by atoms with Crippen molar-refractivity contribution in [2.75, 3.05) is 26.2 Å². The molecule has 0 aliphatic carbocycles. The number of amides is 1. The summed E-state index contributed by atoms with van der Waals surface area (Å²) in [6, 6.07) is 4.73. The molecule has 0 spiro atoms. The zero-order valence-corrected chi connectivity index (χ0v) is 17.3. The average molecular weight is 431 g/mol. The molecular formula is C17H20Cl2N4O3S. The van der Waals surface area contributed by atoms with Crippen molar-refractivity contribution in [2.24, 2.45) is 0 Å². The van der Waals surface area contributed by atoms with Crippen molar-refractivity contribution >= 4 is 39.1 Å². The maximum Gasteiger partial charge on any atom is 0.255 e. The van der Waals surface area contributed by atoms with Crippen molar-refractivity contribution in [3.8, 4) is 0 Å². The number of nitrogens with one attached hydrogen (secondary N) is 1. The molecule has 146 valence electrons. The molecule has 1 N–H and O–H groups in total. The third-order valence-electron chi connectivity index (χ3n) is 4.56. The fourth-order valence-electron chi connectivity index (χ4n) is 3.22. The number of benzene rings is 1. The molecule has 7 nitrogen and oxygen atoms in total. The van der Waals surface area contributed by atoms with Crippen molar-refractivity contribution in [1.82, 2.24) is 19.4 Å². The van der Waals surface area contributed by atoms with Gasteiger partial charge in [-0.1, -0.05) is 23.2 Å². The maximum atomic E-state index is 13.0. The molecule has 1 amide bonds. The number of hydrogen-bond acceptors (Lipinski definition) is 4. The first-order valence-corrected chi connectivity index (χ1v) is 10.7. The number of hydrogen-bond donors (Lipinski definition) is 1. The van der Waals surface area contributed by atoms with Crippen LogP contribution >= 0.6 is 23.2 Å². The lowest BCUT2D eigenvalue weighted by Crippen LogP contribution is -2.37. The molecule has 10 heteroatoms. The second-order valence-corrected chi connectivity index (χ2v) is 9.16. The number of aryl methyl sites for hydroxylation is 2. The second-order valence-electron chi connectivity index (χ2n) is 6.44. The molecule has 1 aromatic heterocycles. The molecule has 0 atom stereocenters. The first-order valence-electron chi connectivity index (χ1n) is 8.48. The van der Waals surface area contributed by atoms with Gasteiger partial charge in [-0.25, -0.2) is 8.42 Å². The van der Waals surface area contributed by atoms with Gasteiger partial charge in [-0.05, 0) is 38.5 Å². The van der Waals surface area contributed by atoms with Crippen LogP contribution in [0.3, 0.4) is 0 Å². The predicted molar refractivity (Wildman–Crippen MR) is 104 cm³/mol. The predicted octanol–water partition coefficient (Wildman–Crippen LogP) is 2.87. The van der Waals surface area contributed by atoms with Crippen molar-refractivity contribution in [3.05, 3.63) is 45.2 Å². The van der Waals surface area contributed by atoms with Gasteiger partial charge in [0.2, 0.25) is 10.0 Å². The molecule has 1 aromatic carbocycles. The first-order chi connectivity index (χ1) is 12.7. The van der Waals surface area contributed by atoms with Crippen LogP contribution in [0.1, 0.15) is 28.2 Å². The second kappa shape index (κ2) is 7.79. The van der Waals surface area contributed by atoms with E-state index in [0.29, 0.717) is 46.5 Å². The summed E-state index contributed by atoms with van der Waals surface area (Å²) in [6.07, 6.45) is 0.527. The van der Waals surface area contributed by atoms with Crippen LogP contribution in [0.5, 0.6) is 0 Å². The Labute approximate surface area is 168 Å². The fourth-order valence-corrected chi connectivity index (χ4v) is 5.39. The van der Waals surface area contributed by atoms with E-state index < -0.39 is 10.0 Å². The number of carbonyl (C=O) groups is 1. The van der Waals surface area contributed by atoms with Crippen LogP contribution < -0.4 is 0 Å². The lowest BCUT2D eigenvalue weighted by atomic mass is 10.2. The minimum Gasteiger partial charge on any atom is -0.337 e. The van der Waals surface area contributed by atoms with Gasteiger partial charge in [0, 0.05) is 31.2 Å². The summed E-state index contributed by atoms with van der Waals surface area (Å²) < 4.78 is 27.4. The molecule has 1 saturated heterocycles. The van der Waals surface area contributed by atoms with Gasteiger partial charge in [-0.2, -0.15) is 9.40 Å². The summed E-state index contributed by atoms with van der Waals surface area (Å²) in [6.45, 7) is 4.59. The van der Waals surface area contributed by atoms with Crippen LogP contribution in [0.25, 0.3) is 0 Å². The summed E-state index contributed by atoms with van der Waals surface area (Å²) in [4.78, 5) is 14.6. The highest BCUT2D eigenvalue weighted by molar-refractivity contribution is 7.89. The number of H-pyrrole nitrogens is 1. The topological polar surface area (TPSA) is 86.4 Å². The van der Waals surface area contributed by atoms with E-state index in [1.807, 2.05) is 0 Å². The lowest BCUT2D eigenvalue weighted by Gasteiger charge is -2.22. The van der Waals surface area contributed by atoms with Gasteiger partial charge in [0.05, 0.1) is 22.0 Å².